The molecule has 2 N–H and O–H groups in total. The highest BCUT2D eigenvalue weighted by atomic mass is 16.5. The van der Waals surface area contributed by atoms with Crippen molar-refractivity contribution in [2.45, 2.75) is 51.3 Å². The average molecular weight is 187 g/mol. The SMILES string of the molecule is CCC(C)NC(CO)C1CCCO1. The molecule has 1 saturated heterocycles. The van der Waals surface area contributed by atoms with Gasteiger partial charge in [-0.2, -0.15) is 0 Å². The van der Waals surface area contributed by atoms with Crippen LogP contribution in [-0.2, 0) is 4.74 Å². The first kappa shape index (κ1) is 11.0. The Balaban J connectivity index is 2.32. The van der Waals surface area contributed by atoms with Crippen LogP contribution in [0.5, 0.6) is 0 Å². The first-order chi connectivity index (χ1) is 6.27. The first-order valence-electron chi connectivity index (χ1n) is 5.26. The fourth-order valence-electron chi connectivity index (χ4n) is 1.68. The Morgan fingerprint density at radius 2 is 2.38 bits per heavy atom. The second-order valence-electron chi connectivity index (χ2n) is 3.82. The van der Waals surface area contributed by atoms with E-state index in [-0.39, 0.29) is 18.8 Å². The lowest BCUT2D eigenvalue weighted by Gasteiger charge is -2.25. The summed E-state index contributed by atoms with van der Waals surface area (Å²) in [6, 6.07) is 0.582. The Labute approximate surface area is 80.5 Å². The summed E-state index contributed by atoms with van der Waals surface area (Å²) in [7, 11) is 0. The third kappa shape index (κ3) is 3.25. The van der Waals surface area contributed by atoms with Crippen LogP contribution in [0.25, 0.3) is 0 Å². The third-order valence-electron chi connectivity index (χ3n) is 2.72. The van der Waals surface area contributed by atoms with Gasteiger partial charge in [0.1, 0.15) is 0 Å². The normalized spacial score (nSPS) is 27.5. The number of aliphatic hydroxyl groups excluding tert-OH is 1. The molecule has 0 bridgehead atoms. The molecule has 1 rings (SSSR count). The molecule has 0 aromatic carbocycles. The van der Waals surface area contributed by atoms with Crippen molar-refractivity contribution in [1.82, 2.24) is 5.32 Å². The maximum atomic E-state index is 9.19. The van der Waals surface area contributed by atoms with E-state index in [1.807, 2.05) is 0 Å². The molecule has 0 radical (unpaired) electrons. The van der Waals surface area contributed by atoms with E-state index in [2.05, 4.69) is 19.2 Å². The maximum Gasteiger partial charge on any atom is 0.0751 e. The molecule has 0 amide bonds. The first-order valence-corrected chi connectivity index (χ1v) is 5.26. The number of hydrogen-bond acceptors (Lipinski definition) is 3. The van der Waals surface area contributed by atoms with Gasteiger partial charge in [-0.25, -0.2) is 0 Å². The van der Waals surface area contributed by atoms with Gasteiger partial charge >= 0.3 is 0 Å². The molecule has 0 aromatic rings. The topological polar surface area (TPSA) is 41.5 Å². The van der Waals surface area contributed by atoms with Gasteiger partial charge in [0.25, 0.3) is 0 Å². The Morgan fingerprint density at radius 1 is 1.62 bits per heavy atom. The van der Waals surface area contributed by atoms with Gasteiger partial charge in [0, 0.05) is 12.6 Å². The molecule has 3 unspecified atom stereocenters. The van der Waals surface area contributed by atoms with E-state index in [0.717, 1.165) is 25.9 Å². The number of hydrogen-bond donors (Lipinski definition) is 2. The number of ether oxygens (including phenoxy) is 1. The summed E-state index contributed by atoms with van der Waals surface area (Å²) in [5.41, 5.74) is 0. The molecule has 0 saturated carbocycles. The molecule has 1 fully saturated rings. The fraction of sp³-hybridized carbons (Fsp3) is 1.00. The van der Waals surface area contributed by atoms with Crippen LogP contribution < -0.4 is 5.32 Å². The quantitative estimate of drug-likeness (QED) is 0.672. The molecule has 3 atom stereocenters. The summed E-state index contributed by atoms with van der Waals surface area (Å²) in [5.74, 6) is 0. The third-order valence-corrected chi connectivity index (χ3v) is 2.72. The molecular formula is C10H21NO2. The van der Waals surface area contributed by atoms with E-state index in [0.29, 0.717) is 6.04 Å². The smallest absolute Gasteiger partial charge is 0.0751 e. The largest absolute Gasteiger partial charge is 0.395 e. The summed E-state index contributed by atoms with van der Waals surface area (Å²) in [6.45, 7) is 5.30. The van der Waals surface area contributed by atoms with Crippen molar-refractivity contribution in [1.29, 1.82) is 0 Å². The van der Waals surface area contributed by atoms with Crippen molar-refractivity contribution in [2.24, 2.45) is 0 Å². The molecule has 1 aliphatic heterocycles. The predicted octanol–water partition coefficient (Wildman–Crippen LogP) is 0.914. The summed E-state index contributed by atoms with van der Waals surface area (Å²) >= 11 is 0. The van der Waals surface area contributed by atoms with E-state index in [1.165, 1.54) is 0 Å². The standard InChI is InChI=1S/C10H21NO2/c1-3-8(2)11-9(7-12)10-5-4-6-13-10/h8-12H,3-7H2,1-2H3. The van der Waals surface area contributed by atoms with Gasteiger partial charge in [-0.15, -0.1) is 0 Å². The highest BCUT2D eigenvalue weighted by Crippen LogP contribution is 2.16. The van der Waals surface area contributed by atoms with Crippen molar-refractivity contribution < 1.29 is 9.84 Å². The van der Waals surface area contributed by atoms with Gasteiger partial charge in [-0.3, -0.25) is 0 Å². The van der Waals surface area contributed by atoms with Crippen LogP contribution in [0.3, 0.4) is 0 Å². The molecule has 3 heteroatoms. The lowest BCUT2D eigenvalue weighted by molar-refractivity contribution is 0.0516. The molecule has 1 heterocycles. The van der Waals surface area contributed by atoms with Crippen LogP contribution >= 0.6 is 0 Å². The predicted molar refractivity (Wildman–Crippen MR) is 52.7 cm³/mol. The lowest BCUT2D eigenvalue weighted by atomic mass is 10.1. The number of rotatable bonds is 5. The highest BCUT2D eigenvalue weighted by Gasteiger charge is 2.25. The molecule has 3 nitrogen and oxygen atoms in total. The van der Waals surface area contributed by atoms with E-state index >= 15 is 0 Å². The monoisotopic (exact) mass is 187 g/mol. The van der Waals surface area contributed by atoms with Crippen molar-refractivity contribution >= 4 is 0 Å². The zero-order chi connectivity index (χ0) is 9.68. The minimum atomic E-state index is 0.123. The van der Waals surface area contributed by atoms with Crippen LogP contribution in [-0.4, -0.2) is 36.5 Å². The van der Waals surface area contributed by atoms with E-state index in [9.17, 15) is 5.11 Å². The van der Waals surface area contributed by atoms with Gasteiger partial charge in [0.2, 0.25) is 0 Å². The second kappa shape index (κ2) is 5.58. The van der Waals surface area contributed by atoms with Crippen molar-refractivity contribution in [2.75, 3.05) is 13.2 Å². The minimum Gasteiger partial charge on any atom is -0.395 e. The summed E-state index contributed by atoms with van der Waals surface area (Å²) in [6.07, 6.45) is 3.51. The Bertz CT molecular complexity index is 135. The Kier molecular flexibility index (Phi) is 4.70. The minimum absolute atomic E-state index is 0.123. The Morgan fingerprint density at radius 3 is 2.85 bits per heavy atom. The zero-order valence-corrected chi connectivity index (χ0v) is 8.62. The Hall–Kier alpha value is -0.120. The van der Waals surface area contributed by atoms with E-state index < -0.39 is 0 Å². The van der Waals surface area contributed by atoms with Crippen LogP contribution in [0, 0.1) is 0 Å². The molecule has 1 aliphatic rings. The van der Waals surface area contributed by atoms with Crippen LogP contribution in [0.2, 0.25) is 0 Å². The summed E-state index contributed by atoms with van der Waals surface area (Å²) in [5, 5.41) is 12.6. The van der Waals surface area contributed by atoms with Gasteiger partial charge in [-0.05, 0) is 26.2 Å². The lowest BCUT2D eigenvalue weighted by Crippen LogP contribution is -2.46. The highest BCUT2D eigenvalue weighted by molar-refractivity contribution is 4.81. The molecule has 0 aromatic heterocycles. The van der Waals surface area contributed by atoms with Crippen molar-refractivity contribution in [3.8, 4) is 0 Å². The van der Waals surface area contributed by atoms with E-state index in [4.69, 9.17) is 4.74 Å². The maximum absolute atomic E-state index is 9.19. The fourth-order valence-corrected chi connectivity index (χ4v) is 1.68. The molecule has 13 heavy (non-hydrogen) atoms. The summed E-state index contributed by atoms with van der Waals surface area (Å²) < 4.78 is 5.53. The molecule has 0 aliphatic carbocycles. The van der Waals surface area contributed by atoms with Gasteiger partial charge in [-0.1, -0.05) is 6.92 Å². The van der Waals surface area contributed by atoms with Crippen LogP contribution in [0.15, 0.2) is 0 Å². The van der Waals surface area contributed by atoms with Gasteiger partial charge in [0.05, 0.1) is 18.8 Å². The van der Waals surface area contributed by atoms with Crippen molar-refractivity contribution in [3.05, 3.63) is 0 Å². The van der Waals surface area contributed by atoms with Crippen molar-refractivity contribution in [3.63, 3.8) is 0 Å². The van der Waals surface area contributed by atoms with Crippen LogP contribution in [0.4, 0.5) is 0 Å². The summed E-state index contributed by atoms with van der Waals surface area (Å²) in [4.78, 5) is 0. The number of aliphatic hydroxyl groups is 1. The second-order valence-corrected chi connectivity index (χ2v) is 3.82. The molecule has 78 valence electrons. The molecular weight excluding hydrogens is 166 g/mol. The molecule has 0 spiro atoms. The van der Waals surface area contributed by atoms with E-state index in [1.54, 1.807) is 0 Å². The average Bonchev–Trinajstić information content (AvgIpc) is 2.66. The van der Waals surface area contributed by atoms with Gasteiger partial charge < -0.3 is 15.2 Å². The van der Waals surface area contributed by atoms with Crippen LogP contribution in [0.1, 0.15) is 33.1 Å². The number of nitrogens with one attached hydrogen (secondary N) is 1. The van der Waals surface area contributed by atoms with Gasteiger partial charge in [0.15, 0.2) is 0 Å². The zero-order valence-electron chi connectivity index (χ0n) is 8.62.